The molecule has 3 N–H and O–H groups in total. The average molecular weight is 248 g/mol. The third-order valence-electron chi connectivity index (χ3n) is 3.33. The first-order valence-corrected chi connectivity index (χ1v) is 6.61. The van der Waals surface area contributed by atoms with E-state index in [1.54, 1.807) is 0 Å². The van der Waals surface area contributed by atoms with Gasteiger partial charge in [-0.25, -0.2) is 4.79 Å². The summed E-state index contributed by atoms with van der Waals surface area (Å²) in [7, 11) is 0. The fourth-order valence-corrected chi connectivity index (χ4v) is 2.11. The molecule has 0 aliphatic carbocycles. The molecule has 18 heavy (non-hydrogen) atoms. The van der Waals surface area contributed by atoms with E-state index in [9.17, 15) is 4.79 Å². The molecule has 0 fully saturated rings. The van der Waals surface area contributed by atoms with Gasteiger partial charge in [-0.15, -0.1) is 0 Å². The van der Waals surface area contributed by atoms with Crippen LogP contribution in [0.4, 0.5) is 4.79 Å². The molecular formula is C15H24N2O. The standard InChI is InChI=1S/C15H24N2O/c1-15(2,13-9-5-3-6-10-13)11-7-4-8-12-17-14(16)18/h3,5-6,9-10H,4,7-8,11-12H2,1-2H3,(H3,16,17,18). The van der Waals surface area contributed by atoms with Gasteiger partial charge in [0.2, 0.25) is 0 Å². The number of urea groups is 1. The number of rotatable bonds is 7. The molecule has 0 spiro atoms. The van der Waals surface area contributed by atoms with Crippen molar-refractivity contribution in [3.63, 3.8) is 0 Å². The third kappa shape index (κ3) is 5.21. The summed E-state index contributed by atoms with van der Waals surface area (Å²) in [5, 5.41) is 2.61. The van der Waals surface area contributed by atoms with Crippen LogP contribution >= 0.6 is 0 Å². The zero-order valence-electron chi connectivity index (χ0n) is 11.4. The summed E-state index contributed by atoms with van der Waals surface area (Å²) >= 11 is 0. The number of nitrogens with two attached hydrogens (primary N) is 1. The summed E-state index contributed by atoms with van der Waals surface area (Å²) in [4.78, 5) is 10.5. The van der Waals surface area contributed by atoms with E-state index in [1.807, 2.05) is 0 Å². The van der Waals surface area contributed by atoms with Crippen molar-refractivity contribution >= 4 is 6.03 Å². The molecule has 1 aromatic rings. The third-order valence-corrected chi connectivity index (χ3v) is 3.33. The second kappa shape index (κ2) is 7.04. The zero-order chi connectivity index (χ0) is 13.4. The summed E-state index contributed by atoms with van der Waals surface area (Å²) in [6.45, 7) is 5.25. The largest absolute Gasteiger partial charge is 0.352 e. The number of hydrogen-bond donors (Lipinski definition) is 2. The molecule has 0 unspecified atom stereocenters. The first-order valence-electron chi connectivity index (χ1n) is 6.61. The molecule has 1 rings (SSSR count). The molecule has 0 atom stereocenters. The highest BCUT2D eigenvalue weighted by Gasteiger charge is 2.19. The van der Waals surface area contributed by atoms with Crippen molar-refractivity contribution in [3.05, 3.63) is 35.9 Å². The van der Waals surface area contributed by atoms with Crippen LogP contribution < -0.4 is 11.1 Å². The number of nitrogens with one attached hydrogen (secondary N) is 1. The summed E-state index contributed by atoms with van der Waals surface area (Å²) in [6.07, 6.45) is 4.44. The second-order valence-corrected chi connectivity index (χ2v) is 5.35. The normalized spacial score (nSPS) is 11.2. The Morgan fingerprint density at radius 1 is 1.17 bits per heavy atom. The first-order chi connectivity index (χ1) is 8.52. The molecule has 1 aromatic carbocycles. The monoisotopic (exact) mass is 248 g/mol. The summed E-state index contributed by atoms with van der Waals surface area (Å²) in [6, 6.07) is 10.2. The molecule has 3 nitrogen and oxygen atoms in total. The Bertz CT molecular complexity index is 360. The van der Waals surface area contributed by atoms with Crippen molar-refractivity contribution in [3.8, 4) is 0 Å². The van der Waals surface area contributed by atoms with Crippen LogP contribution in [-0.2, 0) is 5.41 Å². The number of carbonyl (C=O) groups excluding carboxylic acids is 1. The van der Waals surface area contributed by atoms with Gasteiger partial charge in [0, 0.05) is 6.54 Å². The van der Waals surface area contributed by atoms with E-state index < -0.39 is 6.03 Å². The average Bonchev–Trinajstić information content (AvgIpc) is 2.34. The van der Waals surface area contributed by atoms with Gasteiger partial charge in [-0.2, -0.15) is 0 Å². The van der Waals surface area contributed by atoms with E-state index in [2.05, 4.69) is 49.5 Å². The van der Waals surface area contributed by atoms with Gasteiger partial charge in [-0.05, 0) is 23.8 Å². The van der Waals surface area contributed by atoms with Crippen molar-refractivity contribution in [2.75, 3.05) is 6.54 Å². The van der Waals surface area contributed by atoms with Gasteiger partial charge in [0.25, 0.3) is 0 Å². The number of hydrogen-bond acceptors (Lipinski definition) is 1. The number of amides is 2. The molecule has 0 radical (unpaired) electrons. The SMILES string of the molecule is CC(C)(CCCCCNC(N)=O)c1ccccc1. The molecule has 2 amide bonds. The predicted molar refractivity (Wildman–Crippen MR) is 75.5 cm³/mol. The molecule has 0 aliphatic rings. The molecule has 100 valence electrons. The van der Waals surface area contributed by atoms with Crippen LogP contribution in [0.3, 0.4) is 0 Å². The lowest BCUT2D eigenvalue weighted by molar-refractivity contribution is 0.248. The van der Waals surface area contributed by atoms with E-state index in [0.29, 0.717) is 6.54 Å². The number of unbranched alkanes of at least 4 members (excludes halogenated alkanes) is 2. The predicted octanol–water partition coefficient (Wildman–Crippen LogP) is 3.19. The minimum atomic E-state index is -0.431. The van der Waals surface area contributed by atoms with E-state index in [-0.39, 0.29) is 5.41 Å². The Kier molecular flexibility index (Phi) is 5.69. The molecule has 0 saturated heterocycles. The van der Waals surface area contributed by atoms with Crippen LogP contribution in [-0.4, -0.2) is 12.6 Å². The smallest absolute Gasteiger partial charge is 0.312 e. The van der Waals surface area contributed by atoms with Crippen molar-refractivity contribution in [1.29, 1.82) is 0 Å². The van der Waals surface area contributed by atoms with Crippen molar-refractivity contribution in [2.24, 2.45) is 5.73 Å². The summed E-state index contributed by atoms with van der Waals surface area (Å²) in [5.74, 6) is 0. The fourth-order valence-electron chi connectivity index (χ4n) is 2.11. The molecule has 0 bridgehead atoms. The Balaban J connectivity index is 2.24. The van der Waals surface area contributed by atoms with Crippen molar-refractivity contribution in [1.82, 2.24) is 5.32 Å². The number of primary amides is 1. The minimum absolute atomic E-state index is 0.221. The van der Waals surface area contributed by atoms with Crippen molar-refractivity contribution in [2.45, 2.75) is 44.9 Å². The lowest BCUT2D eigenvalue weighted by atomic mass is 9.80. The molecule has 0 heterocycles. The molecular weight excluding hydrogens is 224 g/mol. The Morgan fingerprint density at radius 2 is 1.83 bits per heavy atom. The first kappa shape index (κ1) is 14.6. The van der Waals surface area contributed by atoms with Crippen LogP contribution in [0.25, 0.3) is 0 Å². The maximum absolute atomic E-state index is 10.5. The zero-order valence-corrected chi connectivity index (χ0v) is 11.4. The fraction of sp³-hybridized carbons (Fsp3) is 0.533. The topological polar surface area (TPSA) is 55.1 Å². The number of benzene rings is 1. The van der Waals surface area contributed by atoms with Gasteiger partial charge in [0.1, 0.15) is 0 Å². The van der Waals surface area contributed by atoms with Crippen LogP contribution in [0.5, 0.6) is 0 Å². The number of carbonyl (C=O) groups is 1. The molecule has 0 aliphatic heterocycles. The van der Waals surface area contributed by atoms with Gasteiger partial charge in [0.05, 0.1) is 0 Å². The lowest BCUT2D eigenvalue weighted by Gasteiger charge is -2.25. The highest BCUT2D eigenvalue weighted by Crippen LogP contribution is 2.28. The minimum Gasteiger partial charge on any atom is -0.352 e. The van der Waals surface area contributed by atoms with Crippen LogP contribution in [0, 0.1) is 0 Å². The van der Waals surface area contributed by atoms with Gasteiger partial charge < -0.3 is 11.1 Å². The van der Waals surface area contributed by atoms with E-state index in [1.165, 1.54) is 12.0 Å². The highest BCUT2D eigenvalue weighted by molar-refractivity contribution is 5.71. The Labute approximate surface area is 110 Å². The van der Waals surface area contributed by atoms with Crippen LogP contribution in [0.15, 0.2) is 30.3 Å². The summed E-state index contributed by atoms with van der Waals surface area (Å²) < 4.78 is 0. The van der Waals surface area contributed by atoms with Crippen molar-refractivity contribution < 1.29 is 4.79 Å². The van der Waals surface area contributed by atoms with Gasteiger partial charge in [0.15, 0.2) is 0 Å². The second-order valence-electron chi connectivity index (χ2n) is 5.35. The maximum atomic E-state index is 10.5. The molecule has 0 aromatic heterocycles. The highest BCUT2D eigenvalue weighted by atomic mass is 16.2. The molecule has 0 saturated carbocycles. The lowest BCUT2D eigenvalue weighted by Crippen LogP contribution is -2.30. The van der Waals surface area contributed by atoms with E-state index in [0.717, 1.165) is 19.3 Å². The van der Waals surface area contributed by atoms with Gasteiger partial charge >= 0.3 is 6.03 Å². The van der Waals surface area contributed by atoms with Gasteiger partial charge in [-0.1, -0.05) is 57.0 Å². The maximum Gasteiger partial charge on any atom is 0.312 e. The quantitative estimate of drug-likeness (QED) is 0.715. The van der Waals surface area contributed by atoms with Crippen LogP contribution in [0.1, 0.15) is 45.1 Å². The van der Waals surface area contributed by atoms with Crippen LogP contribution in [0.2, 0.25) is 0 Å². The van der Waals surface area contributed by atoms with E-state index >= 15 is 0 Å². The Hall–Kier alpha value is -1.51. The summed E-state index contributed by atoms with van der Waals surface area (Å²) in [5.41, 5.74) is 6.61. The van der Waals surface area contributed by atoms with E-state index in [4.69, 9.17) is 5.73 Å². The van der Waals surface area contributed by atoms with Gasteiger partial charge in [-0.3, -0.25) is 0 Å². The molecule has 3 heteroatoms. The Morgan fingerprint density at radius 3 is 2.44 bits per heavy atom.